The zero-order chi connectivity index (χ0) is 22.3. The number of hydrogen-bond acceptors (Lipinski definition) is 6. The molecule has 164 valence electrons. The molecule has 0 N–H and O–H groups in total. The van der Waals surface area contributed by atoms with Crippen molar-refractivity contribution in [1.82, 2.24) is 25.1 Å². The highest BCUT2D eigenvalue weighted by molar-refractivity contribution is 6.30. The van der Waals surface area contributed by atoms with Crippen LogP contribution >= 0.6 is 11.6 Å². The second-order valence-corrected chi connectivity index (χ2v) is 7.91. The Bertz CT molecular complexity index is 1080. The number of rotatable bonds is 8. The van der Waals surface area contributed by atoms with Gasteiger partial charge in [-0.25, -0.2) is 0 Å². The number of hydrogen-bond donors (Lipinski definition) is 0. The van der Waals surface area contributed by atoms with Gasteiger partial charge in [-0.3, -0.25) is 4.79 Å². The number of ether oxygens (including phenoxy) is 1. The van der Waals surface area contributed by atoms with Crippen LogP contribution in [0.3, 0.4) is 0 Å². The number of halogens is 1. The van der Waals surface area contributed by atoms with Crippen molar-refractivity contribution in [2.75, 3.05) is 19.7 Å². The van der Waals surface area contributed by atoms with Crippen LogP contribution < -0.4 is 4.74 Å². The summed E-state index contributed by atoms with van der Waals surface area (Å²) in [5, 5.41) is 15.7. The van der Waals surface area contributed by atoms with Gasteiger partial charge in [0.15, 0.2) is 6.33 Å². The third-order valence-corrected chi connectivity index (χ3v) is 5.59. The number of carbonyl (C=O) groups is 1. The highest BCUT2D eigenvalue weighted by Crippen LogP contribution is 2.29. The zero-order valence-corrected chi connectivity index (χ0v) is 17.9. The van der Waals surface area contributed by atoms with Crippen LogP contribution in [-0.2, 0) is 6.54 Å². The number of tetrazole rings is 1. The first-order valence-electron chi connectivity index (χ1n) is 10.1. The van der Waals surface area contributed by atoms with Crippen LogP contribution in [-0.4, -0.2) is 56.8 Å². The molecule has 1 aromatic heterocycles. The summed E-state index contributed by atoms with van der Waals surface area (Å²) in [6.07, 6.45) is 2.23. The number of likely N-dealkylation sites (tertiary alicyclic amines) is 1. The maximum absolute atomic E-state index is 12.9. The topological polar surface area (TPSA) is 122 Å². The molecule has 2 aromatic carbocycles. The van der Waals surface area contributed by atoms with Crippen LogP contribution in [0, 0.1) is 0 Å². The lowest BCUT2D eigenvalue weighted by molar-refractivity contribution is 0.0790. The quantitative estimate of drug-likeness (QED) is 0.293. The van der Waals surface area contributed by atoms with Gasteiger partial charge < -0.3 is 9.64 Å². The van der Waals surface area contributed by atoms with Crippen LogP contribution in [0.15, 0.2) is 60.0 Å². The van der Waals surface area contributed by atoms with E-state index in [9.17, 15) is 4.79 Å². The molecule has 4 rings (SSSR count). The fraction of sp³-hybridized carbons (Fsp3) is 0.333. The van der Waals surface area contributed by atoms with Gasteiger partial charge in [0.1, 0.15) is 5.75 Å². The minimum atomic E-state index is -0.495. The predicted octanol–water partition coefficient (Wildman–Crippen LogP) is 3.71. The fourth-order valence-corrected chi connectivity index (χ4v) is 3.80. The predicted molar refractivity (Wildman–Crippen MR) is 117 cm³/mol. The normalized spacial score (nSPS) is 16.4. The van der Waals surface area contributed by atoms with Gasteiger partial charge in [0.05, 0.1) is 19.2 Å². The second kappa shape index (κ2) is 10.1. The van der Waals surface area contributed by atoms with Crippen molar-refractivity contribution in [1.29, 1.82) is 0 Å². The van der Waals surface area contributed by atoms with Gasteiger partial charge in [0.2, 0.25) is 0 Å². The lowest BCUT2D eigenvalue weighted by Crippen LogP contribution is -2.28. The average molecular weight is 453 g/mol. The van der Waals surface area contributed by atoms with Crippen LogP contribution in [0.4, 0.5) is 0 Å². The monoisotopic (exact) mass is 452 g/mol. The fourth-order valence-electron chi connectivity index (χ4n) is 3.68. The lowest BCUT2D eigenvalue weighted by Gasteiger charge is -2.17. The first-order chi connectivity index (χ1) is 15.6. The van der Waals surface area contributed by atoms with Crippen LogP contribution in [0.25, 0.3) is 10.4 Å². The minimum Gasteiger partial charge on any atom is -0.493 e. The first kappa shape index (κ1) is 21.6. The molecule has 1 aliphatic heterocycles. The van der Waals surface area contributed by atoms with E-state index in [-0.39, 0.29) is 19.1 Å². The van der Waals surface area contributed by atoms with Crippen molar-refractivity contribution < 1.29 is 9.53 Å². The molecule has 11 heteroatoms. The number of nitrogens with zero attached hydrogens (tertiary/aromatic N) is 8. The van der Waals surface area contributed by atoms with Crippen molar-refractivity contribution in [3.05, 3.63) is 81.5 Å². The van der Waals surface area contributed by atoms with E-state index in [2.05, 4.69) is 25.4 Å². The van der Waals surface area contributed by atoms with Gasteiger partial charge in [-0.05, 0) is 59.1 Å². The third kappa shape index (κ3) is 5.35. The Hall–Kier alpha value is -3.62. The summed E-state index contributed by atoms with van der Waals surface area (Å²) in [5.41, 5.74) is 10.6. The Morgan fingerprint density at radius 1 is 1.25 bits per heavy atom. The van der Waals surface area contributed by atoms with E-state index in [1.54, 1.807) is 24.3 Å². The summed E-state index contributed by atoms with van der Waals surface area (Å²) in [6, 6.07) is 14.3. The van der Waals surface area contributed by atoms with E-state index in [1.165, 1.54) is 16.7 Å². The minimum absolute atomic E-state index is 0.00257. The molecule has 0 spiro atoms. The molecule has 1 aliphatic rings. The molecule has 1 saturated heterocycles. The molecule has 2 heterocycles. The molecule has 0 radical (unpaired) electrons. The van der Waals surface area contributed by atoms with Gasteiger partial charge in [0, 0.05) is 34.5 Å². The number of benzene rings is 2. The molecule has 1 fully saturated rings. The number of amides is 1. The van der Waals surface area contributed by atoms with Gasteiger partial charge in [-0.1, -0.05) is 28.8 Å². The smallest absolute Gasteiger partial charge is 0.253 e. The number of carbonyl (C=O) groups excluding carboxylic acids is 1. The Labute approximate surface area is 189 Å². The van der Waals surface area contributed by atoms with Gasteiger partial charge in [-0.15, -0.1) is 10.2 Å². The molecular weight excluding hydrogens is 432 g/mol. The van der Waals surface area contributed by atoms with Crippen LogP contribution in [0.5, 0.6) is 5.75 Å². The first-order valence-corrected chi connectivity index (χ1v) is 10.5. The van der Waals surface area contributed by atoms with E-state index in [0.717, 1.165) is 6.42 Å². The maximum atomic E-state index is 12.9. The van der Waals surface area contributed by atoms with Crippen molar-refractivity contribution >= 4 is 17.5 Å². The summed E-state index contributed by atoms with van der Waals surface area (Å²) >= 11 is 5.97. The van der Waals surface area contributed by atoms with Gasteiger partial charge >= 0.3 is 0 Å². The summed E-state index contributed by atoms with van der Waals surface area (Å²) < 4.78 is 5.72. The molecular formula is C21H21ClN8O2. The molecule has 0 bridgehead atoms. The summed E-state index contributed by atoms with van der Waals surface area (Å²) in [5.74, 6) is 0.889. The third-order valence-electron chi connectivity index (χ3n) is 5.34. The molecule has 0 aliphatic carbocycles. The van der Waals surface area contributed by atoms with Gasteiger partial charge in [-0.2, -0.15) is 4.80 Å². The van der Waals surface area contributed by atoms with Crippen molar-refractivity contribution in [3.63, 3.8) is 0 Å². The maximum Gasteiger partial charge on any atom is 0.253 e. The molecule has 32 heavy (non-hydrogen) atoms. The SMILES string of the molecule is [N-]=[N+]=NC(COc1ccc(C(=O)N2CCC(c3ccc(Cl)cc3)C2)cc1)Cn1ncnn1. The van der Waals surface area contributed by atoms with E-state index >= 15 is 0 Å². The summed E-state index contributed by atoms with van der Waals surface area (Å²) in [6.45, 7) is 1.80. The standard InChI is InChI=1S/C21H21ClN8O2/c22-18-5-1-15(2-6-18)17-9-10-29(11-17)21(31)16-3-7-20(8-4-16)32-13-19(26-27-23)12-30-25-14-24-28-30/h1-8,14,17,19H,9-13H2. The van der Waals surface area contributed by atoms with E-state index in [1.807, 2.05) is 29.2 Å². The largest absolute Gasteiger partial charge is 0.493 e. The van der Waals surface area contributed by atoms with Crippen molar-refractivity contribution in [3.8, 4) is 5.75 Å². The summed E-state index contributed by atoms with van der Waals surface area (Å²) in [7, 11) is 0. The zero-order valence-electron chi connectivity index (χ0n) is 17.2. The van der Waals surface area contributed by atoms with Crippen LogP contribution in [0.2, 0.25) is 5.02 Å². The van der Waals surface area contributed by atoms with E-state index in [0.29, 0.717) is 35.3 Å². The molecule has 0 saturated carbocycles. The molecule has 2 atom stereocenters. The number of azide groups is 1. The Morgan fingerprint density at radius 3 is 2.72 bits per heavy atom. The van der Waals surface area contributed by atoms with Crippen molar-refractivity contribution in [2.24, 2.45) is 5.11 Å². The number of aromatic nitrogens is 4. The van der Waals surface area contributed by atoms with Crippen molar-refractivity contribution in [2.45, 2.75) is 24.9 Å². The average Bonchev–Trinajstić information content (AvgIpc) is 3.50. The molecule has 3 aromatic rings. The molecule has 1 amide bonds. The van der Waals surface area contributed by atoms with E-state index in [4.69, 9.17) is 21.9 Å². The lowest BCUT2D eigenvalue weighted by atomic mass is 9.99. The Kier molecular flexibility index (Phi) is 6.84. The second-order valence-electron chi connectivity index (χ2n) is 7.47. The molecule has 10 nitrogen and oxygen atoms in total. The van der Waals surface area contributed by atoms with Gasteiger partial charge in [0.25, 0.3) is 5.91 Å². The highest BCUT2D eigenvalue weighted by Gasteiger charge is 2.28. The van der Waals surface area contributed by atoms with E-state index < -0.39 is 6.04 Å². The van der Waals surface area contributed by atoms with Crippen LogP contribution in [0.1, 0.15) is 28.3 Å². The Morgan fingerprint density at radius 2 is 2.03 bits per heavy atom. The molecule has 2 unspecified atom stereocenters. The summed E-state index contributed by atoms with van der Waals surface area (Å²) in [4.78, 5) is 19.0. The Balaban J connectivity index is 1.32. The highest BCUT2D eigenvalue weighted by atomic mass is 35.5.